The first-order chi connectivity index (χ1) is 10.2. The summed E-state index contributed by atoms with van der Waals surface area (Å²) in [5.74, 6) is -0.208. The number of rotatable bonds is 3. The second-order valence-corrected chi connectivity index (χ2v) is 4.92. The lowest BCUT2D eigenvalue weighted by molar-refractivity contribution is 0.102. The van der Waals surface area contributed by atoms with Crippen molar-refractivity contribution in [3.8, 4) is 11.3 Å². The van der Waals surface area contributed by atoms with E-state index >= 15 is 0 Å². The standard InChI is InChI=1S/C16H12ClN3O/c17-12-8-6-11(7-9-12)15-14(10-18-20-15)16(21)19-13-4-2-1-3-5-13/h1-10H,(H,18,20)(H,19,21). The van der Waals surface area contributed by atoms with Gasteiger partial charge in [-0.1, -0.05) is 41.9 Å². The van der Waals surface area contributed by atoms with E-state index in [-0.39, 0.29) is 5.91 Å². The molecule has 5 heteroatoms. The molecule has 21 heavy (non-hydrogen) atoms. The van der Waals surface area contributed by atoms with Crippen LogP contribution in [0, 0.1) is 0 Å². The first-order valence-electron chi connectivity index (χ1n) is 6.40. The van der Waals surface area contributed by atoms with Gasteiger partial charge in [0.1, 0.15) is 0 Å². The summed E-state index contributed by atoms with van der Waals surface area (Å²) >= 11 is 5.88. The fourth-order valence-corrected chi connectivity index (χ4v) is 2.14. The van der Waals surface area contributed by atoms with Crippen LogP contribution in [-0.4, -0.2) is 16.1 Å². The largest absolute Gasteiger partial charge is 0.322 e. The Morgan fingerprint density at radius 1 is 1.05 bits per heavy atom. The summed E-state index contributed by atoms with van der Waals surface area (Å²) in [7, 11) is 0. The van der Waals surface area contributed by atoms with Gasteiger partial charge in [-0.05, 0) is 24.3 Å². The minimum atomic E-state index is -0.208. The van der Waals surface area contributed by atoms with Gasteiger partial charge in [0.2, 0.25) is 0 Å². The smallest absolute Gasteiger partial charge is 0.259 e. The number of nitrogens with zero attached hydrogens (tertiary/aromatic N) is 1. The van der Waals surface area contributed by atoms with Gasteiger partial charge in [-0.15, -0.1) is 0 Å². The molecule has 0 saturated heterocycles. The van der Waals surface area contributed by atoms with Crippen LogP contribution in [0.4, 0.5) is 5.69 Å². The monoisotopic (exact) mass is 297 g/mol. The normalized spacial score (nSPS) is 10.3. The van der Waals surface area contributed by atoms with Gasteiger partial charge in [-0.25, -0.2) is 0 Å². The number of aromatic amines is 1. The molecule has 0 bridgehead atoms. The average molecular weight is 298 g/mol. The van der Waals surface area contributed by atoms with Crippen LogP contribution in [0.1, 0.15) is 10.4 Å². The van der Waals surface area contributed by atoms with Gasteiger partial charge in [0.15, 0.2) is 0 Å². The van der Waals surface area contributed by atoms with Crippen LogP contribution in [0.15, 0.2) is 60.8 Å². The number of para-hydroxylation sites is 1. The first-order valence-corrected chi connectivity index (χ1v) is 6.77. The molecule has 0 radical (unpaired) electrons. The summed E-state index contributed by atoms with van der Waals surface area (Å²) in [5, 5.41) is 10.3. The van der Waals surface area contributed by atoms with Crippen molar-refractivity contribution in [3.63, 3.8) is 0 Å². The third-order valence-corrected chi connectivity index (χ3v) is 3.30. The Morgan fingerprint density at radius 3 is 2.48 bits per heavy atom. The minimum absolute atomic E-state index is 0.208. The third-order valence-electron chi connectivity index (χ3n) is 3.05. The van der Waals surface area contributed by atoms with E-state index in [0.717, 1.165) is 11.3 Å². The number of halogens is 1. The van der Waals surface area contributed by atoms with Crippen LogP contribution >= 0.6 is 11.6 Å². The van der Waals surface area contributed by atoms with Crippen molar-refractivity contribution < 1.29 is 4.79 Å². The van der Waals surface area contributed by atoms with E-state index in [1.807, 2.05) is 42.5 Å². The van der Waals surface area contributed by atoms with Crippen LogP contribution in [0.25, 0.3) is 11.3 Å². The lowest BCUT2D eigenvalue weighted by Crippen LogP contribution is -2.12. The maximum Gasteiger partial charge on any atom is 0.259 e. The highest BCUT2D eigenvalue weighted by atomic mass is 35.5. The van der Waals surface area contributed by atoms with Crippen LogP contribution < -0.4 is 5.32 Å². The molecule has 1 heterocycles. The number of carbonyl (C=O) groups is 1. The number of carbonyl (C=O) groups excluding carboxylic acids is 1. The number of hydrogen-bond donors (Lipinski definition) is 2. The van der Waals surface area contributed by atoms with Gasteiger partial charge in [0.05, 0.1) is 17.5 Å². The number of benzene rings is 2. The maximum atomic E-state index is 12.3. The van der Waals surface area contributed by atoms with Crippen molar-refractivity contribution in [1.82, 2.24) is 10.2 Å². The Labute approximate surface area is 126 Å². The van der Waals surface area contributed by atoms with Crippen molar-refractivity contribution in [2.75, 3.05) is 5.32 Å². The van der Waals surface area contributed by atoms with Gasteiger partial charge in [0, 0.05) is 16.3 Å². The van der Waals surface area contributed by atoms with Crippen molar-refractivity contribution in [2.45, 2.75) is 0 Å². The lowest BCUT2D eigenvalue weighted by atomic mass is 10.1. The zero-order valence-electron chi connectivity index (χ0n) is 11.0. The molecule has 1 aromatic heterocycles. The predicted molar refractivity (Wildman–Crippen MR) is 83.4 cm³/mol. The van der Waals surface area contributed by atoms with Crippen molar-refractivity contribution in [2.24, 2.45) is 0 Å². The van der Waals surface area contributed by atoms with Crippen molar-refractivity contribution >= 4 is 23.2 Å². The van der Waals surface area contributed by atoms with Gasteiger partial charge in [-0.2, -0.15) is 5.10 Å². The molecule has 0 aliphatic rings. The highest BCUT2D eigenvalue weighted by molar-refractivity contribution is 6.30. The molecule has 0 aliphatic carbocycles. The number of aromatic nitrogens is 2. The van der Waals surface area contributed by atoms with E-state index in [9.17, 15) is 4.79 Å². The Balaban J connectivity index is 1.88. The van der Waals surface area contributed by atoms with Crippen molar-refractivity contribution in [3.05, 3.63) is 71.4 Å². The second kappa shape index (κ2) is 5.81. The summed E-state index contributed by atoms with van der Waals surface area (Å²) in [6.45, 7) is 0. The fraction of sp³-hybridized carbons (Fsp3) is 0. The molecular formula is C16H12ClN3O. The molecule has 0 unspecified atom stereocenters. The van der Waals surface area contributed by atoms with E-state index in [1.165, 1.54) is 6.20 Å². The summed E-state index contributed by atoms with van der Waals surface area (Å²) in [6.07, 6.45) is 1.52. The number of hydrogen-bond acceptors (Lipinski definition) is 2. The van der Waals surface area contributed by atoms with Crippen LogP contribution in [-0.2, 0) is 0 Å². The molecule has 0 fully saturated rings. The predicted octanol–water partition coefficient (Wildman–Crippen LogP) is 3.98. The number of amides is 1. The lowest BCUT2D eigenvalue weighted by Gasteiger charge is -2.06. The number of anilines is 1. The topological polar surface area (TPSA) is 57.8 Å². The van der Waals surface area contributed by atoms with E-state index in [4.69, 9.17) is 11.6 Å². The summed E-state index contributed by atoms with van der Waals surface area (Å²) in [4.78, 5) is 12.3. The molecule has 104 valence electrons. The van der Waals surface area contributed by atoms with E-state index in [0.29, 0.717) is 16.3 Å². The van der Waals surface area contributed by atoms with Gasteiger partial charge < -0.3 is 5.32 Å². The highest BCUT2D eigenvalue weighted by Crippen LogP contribution is 2.23. The third kappa shape index (κ3) is 2.95. The minimum Gasteiger partial charge on any atom is -0.322 e. The summed E-state index contributed by atoms with van der Waals surface area (Å²) < 4.78 is 0. The van der Waals surface area contributed by atoms with Gasteiger partial charge >= 0.3 is 0 Å². The Hall–Kier alpha value is -2.59. The molecule has 3 aromatic rings. The zero-order valence-corrected chi connectivity index (χ0v) is 11.8. The zero-order chi connectivity index (χ0) is 14.7. The molecule has 1 amide bonds. The molecule has 0 aliphatic heterocycles. The van der Waals surface area contributed by atoms with E-state index in [1.54, 1.807) is 12.1 Å². The van der Waals surface area contributed by atoms with E-state index in [2.05, 4.69) is 15.5 Å². The molecule has 4 nitrogen and oxygen atoms in total. The summed E-state index contributed by atoms with van der Waals surface area (Å²) in [6, 6.07) is 16.5. The molecule has 0 saturated carbocycles. The first kappa shape index (κ1) is 13.4. The molecule has 2 aromatic carbocycles. The molecule has 3 rings (SSSR count). The van der Waals surface area contributed by atoms with Crippen LogP contribution in [0.3, 0.4) is 0 Å². The molecule has 2 N–H and O–H groups in total. The average Bonchev–Trinajstić information content (AvgIpc) is 2.98. The van der Waals surface area contributed by atoms with Crippen molar-refractivity contribution in [1.29, 1.82) is 0 Å². The van der Waals surface area contributed by atoms with E-state index < -0.39 is 0 Å². The second-order valence-electron chi connectivity index (χ2n) is 4.49. The SMILES string of the molecule is O=C(Nc1ccccc1)c1cn[nH]c1-c1ccc(Cl)cc1. The molecule has 0 spiro atoms. The molecule has 0 atom stereocenters. The quantitative estimate of drug-likeness (QED) is 0.768. The maximum absolute atomic E-state index is 12.3. The molecular weight excluding hydrogens is 286 g/mol. The fourth-order valence-electron chi connectivity index (χ4n) is 2.01. The van der Waals surface area contributed by atoms with Gasteiger partial charge in [0.25, 0.3) is 5.91 Å². The highest BCUT2D eigenvalue weighted by Gasteiger charge is 2.15. The number of H-pyrrole nitrogens is 1. The Morgan fingerprint density at radius 2 is 1.76 bits per heavy atom. The Kier molecular flexibility index (Phi) is 3.71. The van der Waals surface area contributed by atoms with Crippen LogP contribution in [0.5, 0.6) is 0 Å². The Bertz CT molecular complexity index is 751. The van der Waals surface area contributed by atoms with Crippen LogP contribution in [0.2, 0.25) is 5.02 Å². The number of nitrogens with one attached hydrogen (secondary N) is 2. The van der Waals surface area contributed by atoms with Gasteiger partial charge in [-0.3, -0.25) is 9.89 Å². The summed E-state index contributed by atoms with van der Waals surface area (Å²) in [5.41, 5.74) is 2.75.